The lowest BCUT2D eigenvalue weighted by Gasteiger charge is -2.31. The largest absolute Gasteiger partial charge is 0.490 e. The Morgan fingerprint density at radius 3 is 2.58 bits per heavy atom. The number of nitrogens with two attached hydrogens (primary N) is 1. The molecule has 330 valence electrons. The van der Waals surface area contributed by atoms with Crippen LogP contribution in [0.3, 0.4) is 0 Å². The van der Waals surface area contributed by atoms with Crippen LogP contribution >= 0.6 is 11.3 Å². The van der Waals surface area contributed by atoms with Crippen LogP contribution in [0.4, 0.5) is 5.82 Å². The molecule has 5 aromatic rings. The number of piperidine rings is 2. The van der Waals surface area contributed by atoms with Gasteiger partial charge in [0.25, 0.3) is 11.8 Å². The molecule has 3 aromatic heterocycles. The summed E-state index contributed by atoms with van der Waals surface area (Å²) in [5, 5.41) is 21.3. The number of nitrogen functional groups attached to an aromatic ring is 1. The van der Waals surface area contributed by atoms with Crippen LogP contribution < -0.4 is 20.5 Å². The number of nitrogens with one attached hydrogen (secondary N) is 1. The van der Waals surface area contributed by atoms with Crippen molar-refractivity contribution in [2.45, 2.75) is 76.9 Å². The fourth-order valence-electron chi connectivity index (χ4n) is 7.53. The number of rotatable bonds is 14. The van der Waals surface area contributed by atoms with E-state index in [0.29, 0.717) is 24.5 Å². The number of likely N-dealkylation sites (tertiary alicyclic amines) is 1. The average Bonchev–Trinajstić information content (AvgIpc) is 4.01. The molecular weight excluding hydrogens is 843 g/mol. The zero-order valence-corrected chi connectivity index (χ0v) is 35.9. The van der Waals surface area contributed by atoms with Crippen LogP contribution in [-0.4, -0.2) is 107 Å². The maximum absolute atomic E-state index is 13.3. The van der Waals surface area contributed by atoms with Crippen molar-refractivity contribution in [2.24, 2.45) is 0 Å². The smallest absolute Gasteiger partial charge is 0.266 e. The van der Waals surface area contributed by atoms with Gasteiger partial charge in [-0.05, 0) is 69.0 Å². The Morgan fingerprint density at radius 2 is 1.78 bits per heavy atom. The lowest BCUT2D eigenvalue weighted by Crippen LogP contribution is -2.54. The van der Waals surface area contributed by atoms with Crippen molar-refractivity contribution in [1.82, 2.24) is 40.1 Å². The van der Waals surface area contributed by atoms with Crippen LogP contribution in [0.15, 0.2) is 67.1 Å². The molecule has 1 unspecified atom stereocenters. The van der Waals surface area contributed by atoms with Crippen molar-refractivity contribution in [3.05, 3.63) is 100 Å². The third-order valence-corrected chi connectivity index (χ3v) is 12.0. The molecule has 0 radical (unpaired) electrons. The van der Waals surface area contributed by atoms with Crippen LogP contribution in [0.1, 0.15) is 88.0 Å². The van der Waals surface area contributed by atoms with Crippen LogP contribution in [0.2, 0.25) is 0 Å². The minimum Gasteiger partial charge on any atom is -0.490 e. The maximum atomic E-state index is 13.3. The summed E-state index contributed by atoms with van der Waals surface area (Å²) in [6.07, 6.45) is 6.80. The number of carbonyl (C=O) groups excluding carboxylic acids is 5. The molecule has 6 heterocycles. The highest BCUT2D eigenvalue weighted by Gasteiger charge is 2.46. The van der Waals surface area contributed by atoms with Crippen LogP contribution in [0.5, 0.6) is 11.5 Å². The van der Waals surface area contributed by atoms with E-state index in [1.807, 2.05) is 41.4 Å². The van der Waals surface area contributed by atoms with Gasteiger partial charge >= 0.3 is 0 Å². The summed E-state index contributed by atoms with van der Waals surface area (Å²) in [5.74, 6) is 4.44. The van der Waals surface area contributed by atoms with Gasteiger partial charge in [0.1, 0.15) is 42.8 Å². The lowest BCUT2D eigenvalue weighted by atomic mass is 9.97. The minimum absolute atomic E-state index is 0.0261. The van der Waals surface area contributed by atoms with Crippen LogP contribution in [0.25, 0.3) is 10.4 Å². The first-order chi connectivity index (χ1) is 30.8. The third kappa shape index (κ3) is 10.1. The fourth-order valence-corrected chi connectivity index (χ4v) is 8.60. The highest BCUT2D eigenvalue weighted by atomic mass is 32.1. The number of amides is 5. The zero-order chi connectivity index (χ0) is 45.0. The first-order valence-corrected chi connectivity index (χ1v) is 21.5. The van der Waals surface area contributed by atoms with Gasteiger partial charge in [-0.25, -0.2) is 14.6 Å². The Bertz CT molecular complexity index is 2670. The summed E-state index contributed by atoms with van der Waals surface area (Å²) >= 11 is 1.59. The van der Waals surface area contributed by atoms with E-state index in [1.165, 1.54) is 10.7 Å². The maximum Gasteiger partial charge on any atom is 0.266 e. The Kier molecular flexibility index (Phi) is 12.8. The molecule has 0 bridgehead atoms. The predicted octanol–water partition coefficient (Wildman–Crippen LogP) is 3.48. The number of pyridine rings is 1. The quantitative estimate of drug-likeness (QED) is 0.0823. The number of aromatic nitrogens is 5. The summed E-state index contributed by atoms with van der Waals surface area (Å²) in [6, 6.07) is 13.0. The Hall–Kier alpha value is -7.01. The number of hydrogen-bond acceptors (Lipinski definition) is 15. The molecule has 2 aromatic carbocycles. The molecule has 0 saturated carbocycles. The Labute approximate surface area is 371 Å². The lowest BCUT2D eigenvalue weighted by molar-refractivity contribution is -0.136. The van der Waals surface area contributed by atoms with Crippen LogP contribution in [-0.2, 0) is 38.9 Å². The topological polar surface area (TPSA) is 234 Å². The monoisotopic (exact) mass is 887 g/mol. The van der Waals surface area contributed by atoms with Crippen LogP contribution in [0, 0.1) is 11.8 Å². The normalized spacial score (nSPS) is 16.6. The van der Waals surface area contributed by atoms with Crippen molar-refractivity contribution in [2.75, 3.05) is 32.0 Å². The number of ether oxygens (including phenoxy) is 3. The second kappa shape index (κ2) is 18.8. The number of hydrogen-bond donors (Lipinski definition) is 3. The highest BCUT2D eigenvalue weighted by Crippen LogP contribution is 2.37. The van der Waals surface area contributed by atoms with Crippen molar-refractivity contribution >= 4 is 46.7 Å². The summed E-state index contributed by atoms with van der Waals surface area (Å²) < 4.78 is 19.1. The van der Waals surface area contributed by atoms with E-state index in [0.717, 1.165) is 44.3 Å². The number of aliphatic hydroxyl groups is 1. The van der Waals surface area contributed by atoms with E-state index < -0.39 is 35.3 Å². The van der Waals surface area contributed by atoms with Gasteiger partial charge in [-0.3, -0.25) is 34.2 Å². The summed E-state index contributed by atoms with van der Waals surface area (Å²) in [6.45, 7) is 4.98. The van der Waals surface area contributed by atoms with Gasteiger partial charge in [-0.2, -0.15) is 0 Å². The van der Waals surface area contributed by atoms with E-state index >= 15 is 0 Å². The van der Waals surface area contributed by atoms with E-state index in [9.17, 15) is 29.1 Å². The second-order valence-corrected chi connectivity index (χ2v) is 17.1. The number of fused-ring (bicyclic) bond motifs is 1. The number of anilines is 1. The van der Waals surface area contributed by atoms with Gasteiger partial charge in [0.15, 0.2) is 11.6 Å². The van der Waals surface area contributed by atoms with E-state index in [1.54, 1.807) is 49.7 Å². The Morgan fingerprint density at radius 1 is 0.969 bits per heavy atom. The average molecular weight is 888 g/mol. The number of thiazole rings is 1. The summed E-state index contributed by atoms with van der Waals surface area (Å²) in [5.41, 5.74) is 8.29. The first kappa shape index (κ1) is 43.6. The van der Waals surface area contributed by atoms with E-state index in [2.05, 4.69) is 32.5 Å². The van der Waals surface area contributed by atoms with Gasteiger partial charge in [0, 0.05) is 48.9 Å². The predicted molar refractivity (Wildman–Crippen MR) is 231 cm³/mol. The number of benzene rings is 2. The third-order valence-electron chi connectivity index (χ3n) is 10.8. The molecule has 64 heavy (non-hydrogen) atoms. The minimum atomic E-state index is -1.09. The molecule has 3 aliphatic rings. The van der Waals surface area contributed by atoms with E-state index in [-0.39, 0.29) is 80.3 Å². The highest BCUT2D eigenvalue weighted by molar-refractivity contribution is 7.15. The molecule has 18 nitrogen and oxygen atoms in total. The molecular formula is C45H45N9O9S. The summed E-state index contributed by atoms with van der Waals surface area (Å²) in [4.78, 5) is 76.4. The molecule has 19 heteroatoms. The molecule has 8 rings (SSSR count). The van der Waals surface area contributed by atoms with Crippen molar-refractivity contribution in [1.29, 1.82) is 0 Å². The van der Waals surface area contributed by atoms with Crippen molar-refractivity contribution < 1.29 is 43.3 Å². The SMILES string of the molecule is CC(C)(O)C#Cc1cccc(COc2cc(-c3cnc(C4CCN(C(=O)Cn5cc(COCCOc6cccc7c6C(=O)N(C6CCC(=O)NC6=O)C7=O)nn5)CC4)s3)cnc2N)c1. The van der Waals surface area contributed by atoms with Crippen molar-refractivity contribution in [3.63, 3.8) is 0 Å². The molecule has 5 amide bonds. The van der Waals surface area contributed by atoms with Gasteiger partial charge in [-0.15, -0.1) is 16.4 Å². The van der Waals surface area contributed by atoms with Gasteiger partial charge in [0.2, 0.25) is 17.7 Å². The molecule has 0 aliphatic carbocycles. The molecule has 2 saturated heterocycles. The number of carbonyl (C=O) groups is 5. The Balaban J connectivity index is 0.769. The molecule has 1 atom stereocenters. The first-order valence-electron chi connectivity index (χ1n) is 20.7. The van der Waals surface area contributed by atoms with Gasteiger partial charge in [-0.1, -0.05) is 35.3 Å². The zero-order valence-electron chi connectivity index (χ0n) is 35.1. The van der Waals surface area contributed by atoms with Gasteiger partial charge in [0.05, 0.1) is 40.4 Å². The standard InChI is InChI=1S/C45H45N9O9S/c1-45(2,60)14-11-27-5-3-6-28(19-27)25-63-35-20-30(21-47-40(35)46)36-22-48-42(64-36)29-12-15-52(16-13-29)38(56)24-53-23-31(50-51-53)26-61-17-18-62-34-8-4-7-32-39(34)44(59)54(43(32)58)33-9-10-37(55)49-41(33)57/h3-8,19-23,29,33,60H,9-10,12-13,15-18,24-26H2,1-2H3,(H2,46,47)(H,49,55,57). The van der Waals surface area contributed by atoms with Crippen molar-refractivity contribution in [3.8, 4) is 33.8 Å². The molecule has 4 N–H and O–H groups in total. The van der Waals surface area contributed by atoms with Gasteiger partial charge < -0.3 is 30.0 Å². The molecule has 0 spiro atoms. The van der Waals surface area contributed by atoms with E-state index in [4.69, 9.17) is 24.9 Å². The molecule has 3 aliphatic heterocycles. The number of imide groups is 2. The molecule has 2 fully saturated rings. The number of nitrogens with zero attached hydrogens (tertiary/aromatic N) is 7. The second-order valence-electron chi connectivity index (χ2n) is 16.1. The summed E-state index contributed by atoms with van der Waals surface area (Å²) in [7, 11) is 0. The fraction of sp³-hybridized carbons (Fsp3) is 0.356.